The summed E-state index contributed by atoms with van der Waals surface area (Å²) in [5.74, 6) is 0. The van der Waals surface area contributed by atoms with E-state index in [1.165, 1.54) is 11.3 Å². The number of hydrogen-bond acceptors (Lipinski definition) is 3. The van der Waals surface area contributed by atoms with Crippen molar-refractivity contribution in [3.8, 4) is 0 Å². The van der Waals surface area contributed by atoms with E-state index in [4.69, 9.17) is 11.6 Å². The molecule has 0 fully saturated rings. The number of aryl methyl sites for hydroxylation is 2. The summed E-state index contributed by atoms with van der Waals surface area (Å²) < 4.78 is 1.76. The van der Waals surface area contributed by atoms with Crippen molar-refractivity contribution in [1.29, 1.82) is 0 Å². The Morgan fingerprint density at radius 3 is 2.55 bits per heavy atom. The van der Waals surface area contributed by atoms with Gasteiger partial charge in [-0.15, -0.1) is 11.3 Å². The molecule has 0 N–H and O–H groups in total. The molecule has 0 spiro atoms. The fourth-order valence-electron chi connectivity index (χ4n) is 2.43. The molecule has 4 heteroatoms. The van der Waals surface area contributed by atoms with E-state index >= 15 is 0 Å². The van der Waals surface area contributed by atoms with Crippen LogP contribution in [0.2, 0.25) is 0 Å². The number of carbonyl (C=O) groups is 1. The summed E-state index contributed by atoms with van der Waals surface area (Å²) in [7, 11) is 0. The molecular weight excluding hydrogens is 292 g/mol. The molecule has 3 aromatic rings. The molecule has 20 heavy (non-hydrogen) atoms. The van der Waals surface area contributed by atoms with Gasteiger partial charge in [-0.2, -0.15) is 0 Å². The average Bonchev–Trinajstić information content (AvgIpc) is 2.40. The predicted octanol–water partition coefficient (Wildman–Crippen LogP) is 4.41. The monoisotopic (exact) mass is 302 g/mol. The van der Waals surface area contributed by atoms with Crippen LogP contribution in [0.15, 0.2) is 35.1 Å². The van der Waals surface area contributed by atoms with Crippen LogP contribution in [0.5, 0.6) is 0 Å². The van der Waals surface area contributed by atoms with Gasteiger partial charge in [0, 0.05) is 25.7 Å². The second-order valence-electron chi connectivity index (χ2n) is 4.87. The van der Waals surface area contributed by atoms with Crippen molar-refractivity contribution in [2.45, 2.75) is 13.8 Å². The van der Waals surface area contributed by atoms with E-state index in [0.717, 1.165) is 25.9 Å². The van der Waals surface area contributed by atoms with Crippen molar-refractivity contribution in [2.24, 2.45) is 0 Å². The van der Waals surface area contributed by atoms with E-state index in [-0.39, 0.29) is 5.43 Å². The van der Waals surface area contributed by atoms with E-state index in [0.29, 0.717) is 10.9 Å². The standard InChI is InChI=1S/C16H11ClO2S/c1-8-5-9(2)15-12(6-8)14(18)11-4-3-10(16(17)19)7-13(11)20-15/h3-7H,1-2H3. The van der Waals surface area contributed by atoms with Gasteiger partial charge in [-0.3, -0.25) is 9.59 Å². The van der Waals surface area contributed by atoms with Gasteiger partial charge in [0.15, 0.2) is 5.43 Å². The highest BCUT2D eigenvalue weighted by atomic mass is 35.5. The minimum Gasteiger partial charge on any atom is -0.289 e. The van der Waals surface area contributed by atoms with Crippen LogP contribution >= 0.6 is 22.9 Å². The maximum absolute atomic E-state index is 12.6. The number of fused-ring (bicyclic) bond motifs is 2. The predicted molar refractivity (Wildman–Crippen MR) is 85.3 cm³/mol. The summed E-state index contributed by atoms with van der Waals surface area (Å²) >= 11 is 7.02. The number of hydrogen-bond donors (Lipinski definition) is 0. The molecular formula is C16H11ClO2S. The van der Waals surface area contributed by atoms with Crippen LogP contribution in [0, 0.1) is 13.8 Å². The van der Waals surface area contributed by atoms with Gasteiger partial charge in [-0.1, -0.05) is 11.6 Å². The Bertz CT molecular complexity index is 925. The van der Waals surface area contributed by atoms with Gasteiger partial charge < -0.3 is 0 Å². The van der Waals surface area contributed by atoms with E-state index in [1.54, 1.807) is 18.2 Å². The van der Waals surface area contributed by atoms with Gasteiger partial charge in [0.2, 0.25) is 0 Å². The van der Waals surface area contributed by atoms with Crippen molar-refractivity contribution in [3.05, 3.63) is 57.2 Å². The van der Waals surface area contributed by atoms with Crippen LogP contribution in [0.4, 0.5) is 0 Å². The Morgan fingerprint density at radius 1 is 1.10 bits per heavy atom. The van der Waals surface area contributed by atoms with Crippen LogP contribution in [0.25, 0.3) is 20.2 Å². The molecule has 0 aliphatic carbocycles. The van der Waals surface area contributed by atoms with Gasteiger partial charge in [0.05, 0.1) is 0 Å². The molecule has 1 heterocycles. The molecule has 1 aromatic heterocycles. The van der Waals surface area contributed by atoms with Gasteiger partial charge in [0.1, 0.15) is 0 Å². The molecule has 0 unspecified atom stereocenters. The van der Waals surface area contributed by atoms with Gasteiger partial charge in [-0.25, -0.2) is 0 Å². The van der Waals surface area contributed by atoms with E-state index in [1.807, 2.05) is 19.9 Å². The normalized spacial score (nSPS) is 11.2. The highest BCUT2D eigenvalue weighted by Gasteiger charge is 2.10. The zero-order chi connectivity index (χ0) is 14.4. The Kier molecular flexibility index (Phi) is 3.11. The molecule has 3 rings (SSSR count). The fraction of sp³-hybridized carbons (Fsp3) is 0.125. The quantitative estimate of drug-likeness (QED) is 0.493. The number of rotatable bonds is 1. The Labute approximate surface area is 124 Å². The Hall–Kier alpha value is -1.71. The molecule has 0 saturated heterocycles. The average molecular weight is 303 g/mol. The molecule has 0 aliphatic rings. The van der Waals surface area contributed by atoms with Crippen molar-refractivity contribution < 1.29 is 4.79 Å². The molecule has 0 saturated carbocycles. The third-order valence-corrected chi connectivity index (χ3v) is 4.85. The largest absolute Gasteiger partial charge is 0.289 e. The molecule has 2 aromatic carbocycles. The van der Waals surface area contributed by atoms with Crippen LogP contribution in [0.1, 0.15) is 21.5 Å². The summed E-state index contributed by atoms with van der Waals surface area (Å²) in [5, 5.41) is 0.867. The van der Waals surface area contributed by atoms with Crippen molar-refractivity contribution in [2.75, 3.05) is 0 Å². The van der Waals surface area contributed by atoms with Crippen LogP contribution in [0.3, 0.4) is 0 Å². The summed E-state index contributed by atoms with van der Waals surface area (Å²) in [6.07, 6.45) is 0. The van der Waals surface area contributed by atoms with Crippen molar-refractivity contribution in [1.82, 2.24) is 0 Å². The van der Waals surface area contributed by atoms with E-state index in [9.17, 15) is 9.59 Å². The van der Waals surface area contributed by atoms with Crippen molar-refractivity contribution >= 4 is 48.4 Å². The third kappa shape index (κ3) is 2.03. The maximum atomic E-state index is 12.6. The zero-order valence-corrected chi connectivity index (χ0v) is 12.6. The highest BCUT2D eigenvalue weighted by molar-refractivity contribution is 7.24. The smallest absolute Gasteiger partial charge is 0.252 e. The van der Waals surface area contributed by atoms with Gasteiger partial charge >= 0.3 is 0 Å². The fourth-order valence-corrected chi connectivity index (χ4v) is 3.71. The second kappa shape index (κ2) is 4.69. The van der Waals surface area contributed by atoms with Crippen LogP contribution < -0.4 is 5.43 Å². The van der Waals surface area contributed by atoms with E-state index < -0.39 is 5.24 Å². The summed E-state index contributed by atoms with van der Waals surface area (Å²) in [4.78, 5) is 23.8. The molecule has 0 bridgehead atoms. The molecule has 0 atom stereocenters. The first-order valence-corrected chi connectivity index (χ1v) is 7.34. The van der Waals surface area contributed by atoms with Crippen LogP contribution in [-0.4, -0.2) is 5.24 Å². The lowest BCUT2D eigenvalue weighted by Gasteiger charge is -2.06. The van der Waals surface area contributed by atoms with Crippen LogP contribution in [-0.2, 0) is 0 Å². The molecule has 100 valence electrons. The number of benzene rings is 2. The first-order chi connectivity index (χ1) is 9.47. The zero-order valence-electron chi connectivity index (χ0n) is 11.0. The lowest BCUT2D eigenvalue weighted by Crippen LogP contribution is -2.03. The molecule has 2 nitrogen and oxygen atoms in total. The number of carbonyl (C=O) groups excluding carboxylic acids is 1. The lowest BCUT2D eigenvalue weighted by molar-refractivity contribution is 0.108. The second-order valence-corrected chi connectivity index (χ2v) is 6.27. The molecule has 0 radical (unpaired) electrons. The maximum Gasteiger partial charge on any atom is 0.252 e. The SMILES string of the molecule is Cc1cc(C)c2sc3cc(C(=O)Cl)ccc3c(=O)c2c1. The first kappa shape index (κ1) is 13.3. The summed E-state index contributed by atoms with van der Waals surface area (Å²) in [5.41, 5.74) is 2.57. The number of halogens is 1. The third-order valence-electron chi connectivity index (χ3n) is 3.33. The topological polar surface area (TPSA) is 34.1 Å². The van der Waals surface area contributed by atoms with Gasteiger partial charge in [-0.05, 0) is 55.3 Å². The molecule has 0 aliphatic heterocycles. The minimum absolute atomic E-state index is 0.00845. The Balaban J connectivity index is 2.50. The minimum atomic E-state index is -0.507. The first-order valence-electron chi connectivity index (χ1n) is 6.15. The van der Waals surface area contributed by atoms with Crippen molar-refractivity contribution in [3.63, 3.8) is 0 Å². The Morgan fingerprint density at radius 2 is 1.85 bits per heavy atom. The molecule has 0 amide bonds. The van der Waals surface area contributed by atoms with Gasteiger partial charge in [0.25, 0.3) is 5.24 Å². The highest BCUT2D eigenvalue weighted by Crippen LogP contribution is 2.29. The summed E-state index contributed by atoms with van der Waals surface area (Å²) in [6, 6.07) is 8.94. The lowest BCUT2D eigenvalue weighted by atomic mass is 10.1. The van der Waals surface area contributed by atoms with E-state index in [2.05, 4.69) is 6.07 Å². The summed E-state index contributed by atoms with van der Waals surface area (Å²) in [6.45, 7) is 3.98.